The van der Waals surface area contributed by atoms with Gasteiger partial charge in [-0.05, 0) is 13.3 Å². The van der Waals surface area contributed by atoms with Gasteiger partial charge in [-0.2, -0.15) is 0 Å². The summed E-state index contributed by atoms with van der Waals surface area (Å²) in [5.41, 5.74) is -0.742. The van der Waals surface area contributed by atoms with Gasteiger partial charge in [-0.3, -0.25) is 19.4 Å². The van der Waals surface area contributed by atoms with Gasteiger partial charge in [0.2, 0.25) is 5.88 Å². The van der Waals surface area contributed by atoms with Crippen LogP contribution in [0.1, 0.15) is 43.1 Å². The Bertz CT molecular complexity index is 378. The van der Waals surface area contributed by atoms with Crippen molar-refractivity contribution < 1.29 is 9.90 Å². The summed E-state index contributed by atoms with van der Waals surface area (Å²) in [7, 11) is 0. The summed E-state index contributed by atoms with van der Waals surface area (Å²) in [6.45, 7) is 3.88. The molecule has 0 aliphatic carbocycles. The first-order chi connectivity index (χ1) is 6.61. The van der Waals surface area contributed by atoms with Crippen molar-refractivity contribution in [2.45, 2.75) is 32.7 Å². The molecule has 5 nitrogen and oxygen atoms in total. The van der Waals surface area contributed by atoms with E-state index >= 15 is 0 Å². The van der Waals surface area contributed by atoms with Crippen LogP contribution in [0.15, 0.2) is 4.79 Å². The number of aromatic hydroxyl groups is 1. The van der Waals surface area contributed by atoms with E-state index in [1.165, 1.54) is 4.68 Å². The number of hydrogen-bond donors (Lipinski definition) is 2. The molecular weight excluding hydrogens is 184 g/mol. The lowest BCUT2D eigenvalue weighted by Gasteiger charge is -2.12. The molecular formula is C9H14N2O3. The van der Waals surface area contributed by atoms with E-state index in [0.29, 0.717) is 6.29 Å². The Morgan fingerprint density at radius 3 is 2.71 bits per heavy atom. The van der Waals surface area contributed by atoms with Gasteiger partial charge in [-0.25, -0.2) is 0 Å². The van der Waals surface area contributed by atoms with Crippen molar-refractivity contribution in [2.24, 2.45) is 0 Å². The van der Waals surface area contributed by atoms with Crippen LogP contribution in [0.5, 0.6) is 5.88 Å². The van der Waals surface area contributed by atoms with Crippen LogP contribution in [-0.2, 0) is 0 Å². The molecule has 1 atom stereocenters. The third-order valence-corrected chi connectivity index (χ3v) is 2.20. The Morgan fingerprint density at radius 1 is 1.64 bits per heavy atom. The quantitative estimate of drug-likeness (QED) is 0.710. The first-order valence-electron chi connectivity index (χ1n) is 4.60. The fraction of sp³-hybridized carbons (Fsp3) is 0.556. The van der Waals surface area contributed by atoms with E-state index in [1.54, 1.807) is 0 Å². The maximum atomic E-state index is 11.1. The van der Waals surface area contributed by atoms with Crippen LogP contribution in [0.3, 0.4) is 0 Å². The number of hydrogen-bond acceptors (Lipinski definition) is 3. The van der Waals surface area contributed by atoms with Crippen LogP contribution in [0.25, 0.3) is 0 Å². The number of nitrogens with zero attached hydrogens (tertiary/aromatic N) is 1. The number of aldehydes is 1. The highest BCUT2D eigenvalue weighted by Crippen LogP contribution is 2.19. The molecule has 0 fully saturated rings. The lowest BCUT2D eigenvalue weighted by atomic mass is 10.2. The van der Waals surface area contributed by atoms with Crippen molar-refractivity contribution in [3.8, 4) is 5.88 Å². The summed E-state index contributed by atoms with van der Waals surface area (Å²) in [5, 5.41) is 11.9. The molecule has 0 bridgehead atoms. The van der Waals surface area contributed by atoms with Crippen LogP contribution in [-0.4, -0.2) is 21.2 Å². The minimum atomic E-state index is -0.541. The van der Waals surface area contributed by atoms with Crippen molar-refractivity contribution in [1.29, 1.82) is 0 Å². The highest BCUT2D eigenvalue weighted by molar-refractivity contribution is 5.77. The van der Waals surface area contributed by atoms with Gasteiger partial charge in [0.05, 0.1) is 6.04 Å². The molecule has 0 saturated heterocycles. The van der Waals surface area contributed by atoms with Gasteiger partial charge in [-0.1, -0.05) is 13.3 Å². The van der Waals surface area contributed by atoms with Gasteiger partial charge >= 0.3 is 0 Å². The zero-order valence-corrected chi connectivity index (χ0v) is 8.28. The monoisotopic (exact) mass is 198 g/mol. The molecule has 1 rings (SSSR count). The predicted molar refractivity (Wildman–Crippen MR) is 51.7 cm³/mol. The van der Waals surface area contributed by atoms with Crippen LogP contribution >= 0.6 is 0 Å². The van der Waals surface area contributed by atoms with Gasteiger partial charge < -0.3 is 5.11 Å². The van der Waals surface area contributed by atoms with E-state index in [0.717, 1.165) is 12.8 Å². The first-order valence-corrected chi connectivity index (χ1v) is 4.60. The molecule has 1 unspecified atom stereocenters. The molecule has 14 heavy (non-hydrogen) atoms. The van der Waals surface area contributed by atoms with Gasteiger partial charge in [0.25, 0.3) is 5.56 Å². The van der Waals surface area contributed by atoms with E-state index in [9.17, 15) is 14.7 Å². The molecule has 2 N–H and O–H groups in total. The van der Waals surface area contributed by atoms with Crippen molar-refractivity contribution in [3.05, 3.63) is 15.9 Å². The van der Waals surface area contributed by atoms with E-state index in [2.05, 4.69) is 5.10 Å². The maximum Gasteiger partial charge on any atom is 0.278 e. The zero-order valence-electron chi connectivity index (χ0n) is 8.28. The fourth-order valence-electron chi connectivity index (χ4n) is 1.43. The standard InChI is InChI=1S/C9H14N2O3/c1-3-4-6(2)11-9(14)7(5-12)8(13)10-11/h5-6,14H,3-4H2,1-2H3,(H,10,13). The Labute approximate surface area is 81.3 Å². The highest BCUT2D eigenvalue weighted by Gasteiger charge is 2.16. The number of carbonyl (C=O) groups excluding carboxylic acids is 1. The minimum absolute atomic E-state index is 0.0126. The smallest absolute Gasteiger partial charge is 0.278 e. The molecule has 0 amide bonds. The molecule has 0 spiro atoms. The second-order valence-electron chi connectivity index (χ2n) is 3.30. The average Bonchev–Trinajstić information content (AvgIpc) is 2.42. The van der Waals surface area contributed by atoms with Crippen LogP contribution in [0, 0.1) is 0 Å². The number of nitrogens with one attached hydrogen (secondary N) is 1. The second kappa shape index (κ2) is 4.13. The van der Waals surface area contributed by atoms with E-state index < -0.39 is 5.56 Å². The van der Waals surface area contributed by atoms with Gasteiger partial charge in [-0.15, -0.1) is 0 Å². The molecule has 0 saturated carbocycles. The van der Waals surface area contributed by atoms with E-state index in [1.807, 2.05) is 13.8 Å². The van der Waals surface area contributed by atoms with Gasteiger partial charge in [0, 0.05) is 0 Å². The van der Waals surface area contributed by atoms with Crippen LogP contribution in [0.4, 0.5) is 0 Å². The fourth-order valence-corrected chi connectivity index (χ4v) is 1.43. The van der Waals surface area contributed by atoms with Crippen LogP contribution in [0.2, 0.25) is 0 Å². The number of H-pyrrole nitrogens is 1. The van der Waals surface area contributed by atoms with E-state index in [4.69, 9.17) is 0 Å². The molecule has 1 aromatic heterocycles. The Morgan fingerprint density at radius 2 is 2.29 bits per heavy atom. The number of aromatic nitrogens is 2. The Balaban J connectivity index is 3.10. The largest absolute Gasteiger partial charge is 0.493 e. The number of rotatable bonds is 4. The number of aromatic amines is 1. The number of carbonyl (C=O) groups is 1. The summed E-state index contributed by atoms with van der Waals surface area (Å²) in [6, 6.07) is -0.0126. The lowest BCUT2D eigenvalue weighted by Crippen LogP contribution is -2.10. The highest BCUT2D eigenvalue weighted by atomic mass is 16.3. The van der Waals surface area contributed by atoms with Gasteiger partial charge in [0.15, 0.2) is 6.29 Å². The van der Waals surface area contributed by atoms with Crippen molar-refractivity contribution in [3.63, 3.8) is 0 Å². The average molecular weight is 198 g/mol. The summed E-state index contributed by atoms with van der Waals surface area (Å²) >= 11 is 0. The second-order valence-corrected chi connectivity index (χ2v) is 3.30. The molecule has 1 heterocycles. The normalized spacial score (nSPS) is 12.7. The van der Waals surface area contributed by atoms with Crippen molar-refractivity contribution in [2.75, 3.05) is 0 Å². The lowest BCUT2D eigenvalue weighted by molar-refractivity contribution is 0.111. The third-order valence-electron chi connectivity index (χ3n) is 2.20. The molecule has 78 valence electrons. The minimum Gasteiger partial charge on any atom is -0.493 e. The molecule has 0 aliphatic rings. The van der Waals surface area contributed by atoms with Crippen molar-refractivity contribution >= 4 is 6.29 Å². The maximum absolute atomic E-state index is 11.1. The topological polar surface area (TPSA) is 75.1 Å². The summed E-state index contributed by atoms with van der Waals surface area (Å²) in [5.74, 6) is -0.272. The molecule has 1 aromatic rings. The molecule has 5 heteroatoms. The SMILES string of the molecule is CCCC(C)n1[nH]c(=O)c(C=O)c1O. The zero-order chi connectivity index (χ0) is 10.7. The molecule has 0 aliphatic heterocycles. The van der Waals surface area contributed by atoms with Gasteiger partial charge in [0.1, 0.15) is 5.56 Å². The molecule has 0 radical (unpaired) electrons. The van der Waals surface area contributed by atoms with Crippen molar-refractivity contribution in [1.82, 2.24) is 9.78 Å². The summed E-state index contributed by atoms with van der Waals surface area (Å²) in [4.78, 5) is 21.6. The predicted octanol–water partition coefficient (Wildman–Crippen LogP) is 1.06. The summed E-state index contributed by atoms with van der Waals surface area (Å²) in [6.07, 6.45) is 2.14. The molecule has 0 aromatic carbocycles. The Hall–Kier alpha value is -1.52. The van der Waals surface area contributed by atoms with Crippen LogP contribution < -0.4 is 5.56 Å². The summed E-state index contributed by atoms with van der Waals surface area (Å²) < 4.78 is 1.33. The third kappa shape index (κ3) is 1.71. The van der Waals surface area contributed by atoms with E-state index in [-0.39, 0.29) is 17.5 Å². The Kier molecular flexibility index (Phi) is 3.11. The first kappa shape index (κ1) is 10.6.